The average Bonchev–Trinajstić information content (AvgIpc) is 2.66. The van der Waals surface area contributed by atoms with Crippen molar-refractivity contribution < 1.29 is 4.39 Å². The van der Waals surface area contributed by atoms with E-state index < -0.39 is 0 Å². The van der Waals surface area contributed by atoms with Crippen LogP contribution in [0.1, 0.15) is 4.88 Å². The Bertz CT molecular complexity index is 484. The van der Waals surface area contributed by atoms with Crippen molar-refractivity contribution in [2.45, 2.75) is 5.88 Å². The summed E-state index contributed by atoms with van der Waals surface area (Å²) in [5.41, 5.74) is 0.736. The molecule has 78 valence electrons. The quantitative estimate of drug-likeness (QED) is 0.733. The lowest BCUT2D eigenvalue weighted by atomic mass is 10.2. The molecule has 0 saturated carbocycles. The van der Waals surface area contributed by atoms with Crippen LogP contribution in [-0.2, 0) is 5.88 Å². The maximum Gasteiger partial charge on any atom is 0.125 e. The summed E-state index contributed by atoms with van der Waals surface area (Å²) >= 11 is 13.0. The van der Waals surface area contributed by atoms with Gasteiger partial charge in [0.2, 0.25) is 0 Å². The van der Waals surface area contributed by atoms with Gasteiger partial charge in [0.15, 0.2) is 0 Å². The zero-order valence-electron chi connectivity index (χ0n) is 7.51. The van der Waals surface area contributed by atoms with E-state index in [2.05, 4.69) is 4.98 Å². The smallest absolute Gasteiger partial charge is 0.125 e. The van der Waals surface area contributed by atoms with Crippen molar-refractivity contribution in [2.75, 3.05) is 0 Å². The standard InChI is InChI=1S/C10H6Cl2FNS/c11-4-7-5-14-10(15-7)8-2-1-6(13)3-9(8)12/h1-3,5H,4H2. The number of thiazole rings is 1. The SMILES string of the molecule is Fc1ccc(-c2ncc(CCl)s2)c(Cl)c1. The normalized spacial score (nSPS) is 10.6. The number of alkyl halides is 1. The molecule has 2 rings (SSSR count). The first-order valence-corrected chi connectivity index (χ1v) is 5.89. The molecule has 1 aromatic heterocycles. The number of hydrogen-bond donors (Lipinski definition) is 0. The molecule has 5 heteroatoms. The Hall–Kier alpha value is -0.640. The lowest BCUT2D eigenvalue weighted by Gasteiger charge is -1.99. The van der Waals surface area contributed by atoms with Gasteiger partial charge in [-0.1, -0.05) is 11.6 Å². The van der Waals surface area contributed by atoms with Crippen LogP contribution in [0.5, 0.6) is 0 Å². The maximum absolute atomic E-state index is 12.8. The van der Waals surface area contributed by atoms with E-state index in [1.54, 1.807) is 12.3 Å². The topological polar surface area (TPSA) is 12.9 Å². The van der Waals surface area contributed by atoms with Gasteiger partial charge in [-0.3, -0.25) is 0 Å². The second-order valence-electron chi connectivity index (χ2n) is 2.89. The molecule has 0 atom stereocenters. The predicted octanol–water partition coefficient (Wildman–Crippen LogP) is 4.34. The van der Waals surface area contributed by atoms with Gasteiger partial charge in [-0.25, -0.2) is 9.37 Å². The maximum atomic E-state index is 12.8. The summed E-state index contributed by atoms with van der Waals surface area (Å²) in [4.78, 5) is 5.14. The molecular weight excluding hydrogens is 256 g/mol. The van der Waals surface area contributed by atoms with Gasteiger partial charge in [0.25, 0.3) is 0 Å². The molecule has 0 fully saturated rings. The molecular formula is C10H6Cl2FNS. The molecule has 0 amide bonds. The molecule has 0 aliphatic heterocycles. The minimum Gasteiger partial charge on any atom is -0.244 e. The number of halogens is 3. The highest BCUT2D eigenvalue weighted by Crippen LogP contribution is 2.31. The summed E-state index contributed by atoms with van der Waals surface area (Å²) in [5.74, 6) is 0.0779. The fourth-order valence-electron chi connectivity index (χ4n) is 1.16. The highest BCUT2D eigenvalue weighted by molar-refractivity contribution is 7.15. The second kappa shape index (κ2) is 4.47. The van der Waals surface area contributed by atoms with Crippen molar-refractivity contribution >= 4 is 34.5 Å². The van der Waals surface area contributed by atoms with Gasteiger partial charge in [-0.05, 0) is 18.2 Å². The Morgan fingerprint density at radius 2 is 2.20 bits per heavy atom. The fraction of sp³-hybridized carbons (Fsp3) is 0.100. The van der Waals surface area contributed by atoms with Crippen LogP contribution in [0.15, 0.2) is 24.4 Å². The lowest BCUT2D eigenvalue weighted by molar-refractivity contribution is 0.628. The summed E-state index contributed by atoms with van der Waals surface area (Å²) in [7, 11) is 0. The van der Waals surface area contributed by atoms with E-state index in [1.807, 2.05) is 0 Å². The van der Waals surface area contributed by atoms with Crippen molar-refractivity contribution in [1.82, 2.24) is 4.98 Å². The van der Waals surface area contributed by atoms with Crippen LogP contribution in [-0.4, -0.2) is 4.98 Å². The van der Waals surface area contributed by atoms with Crippen LogP contribution in [0.4, 0.5) is 4.39 Å². The van der Waals surface area contributed by atoms with Crippen LogP contribution in [0.25, 0.3) is 10.6 Å². The second-order valence-corrected chi connectivity index (χ2v) is 4.68. The minimum atomic E-state index is -0.349. The number of rotatable bonds is 2. The molecule has 0 N–H and O–H groups in total. The van der Waals surface area contributed by atoms with Crippen LogP contribution >= 0.6 is 34.5 Å². The molecule has 1 aromatic carbocycles. The van der Waals surface area contributed by atoms with Gasteiger partial charge in [0.1, 0.15) is 10.8 Å². The molecule has 0 aliphatic rings. The lowest BCUT2D eigenvalue weighted by Crippen LogP contribution is -1.79. The van der Waals surface area contributed by atoms with Crippen molar-refractivity contribution in [3.63, 3.8) is 0 Å². The summed E-state index contributed by atoms with van der Waals surface area (Å²) in [5, 5.41) is 1.13. The Morgan fingerprint density at radius 3 is 2.80 bits per heavy atom. The molecule has 0 spiro atoms. The molecule has 1 heterocycles. The fourth-order valence-corrected chi connectivity index (χ4v) is 2.50. The summed E-state index contributed by atoms with van der Waals surface area (Å²) in [6.45, 7) is 0. The van der Waals surface area contributed by atoms with Crippen LogP contribution in [0, 0.1) is 5.82 Å². The van der Waals surface area contributed by atoms with Gasteiger partial charge in [0.05, 0.1) is 10.9 Å². The van der Waals surface area contributed by atoms with E-state index in [0.29, 0.717) is 10.9 Å². The van der Waals surface area contributed by atoms with Crippen LogP contribution in [0.2, 0.25) is 5.02 Å². The zero-order valence-corrected chi connectivity index (χ0v) is 9.83. The Morgan fingerprint density at radius 1 is 1.40 bits per heavy atom. The number of aromatic nitrogens is 1. The number of hydrogen-bond acceptors (Lipinski definition) is 2. The zero-order chi connectivity index (χ0) is 10.8. The van der Waals surface area contributed by atoms with Crippen molar-refractivity contribution in [3.05, 3.63) is 40.1 Å². The highest BCUT2D eigenvalue weighted by Gasteiger charge is 2.08. The van der Waals surface area contributed by atoms with Gasteiger partial charge >= 0.3 is 0 Å². The molecule has 0 saturated heterocycles. The first kappa shape index (κ1) is 10.9. The van der Waals surface area contributed by atoms with Crippen LogP contribution in [0.3, 0.4) is 0 Å². The molecule has 0 aliphatic carbocycles. The average molecular weight is 262 g/mol. The first-order valence-electron chi connectivity index (χ1n) is 4.17. The van der Waals surface area contributed by atoms with Crippen molar-refractivity contribution in [3.8, 4) is 10.6 Å². The number of nitrogens with zero attached hydrogens (tertiary/aromatic N) is 1. The van der Waals surface area contributed by atoms with Crippen molar-refractivity contribution in [2.24, 2.45) is 0 Å². The first-order chi connectivity index (χ1) is 7.20. The van der Waals surface area contributed by atoms with Gasteiger partial charge in [-0.15, -0.1) is 22.9 Å². The Labute approximate surface area is 100 Å². The molecule has 0 bridgehead atoms. The van der Waals surface area contributed by atoms with E-state index in [1.165, 1.54) is 23.5 Å². The van der Waals surface area contributed by atoms with Gasteiger partial charge < -0.3 is 0 Å². The van der Waals surface area contributed by atoms with E-state index in [-0.39, 0.29) is 5.82 Å². The predicted molar refractivity (Wildman–Crippen MR) is 62.1 cm³/mol. The third-order valence-corrected chi connectivity index (χ3v) is 3.64. The van der Waals surface area contributed by atoms with E-state index in [4.69, 9.17) is 23.2 Å². The molecule has 0 radical (unpaired) electrons. The third-order valence-electron chi connectivity index (χ3n) is 1.85. The number of benzene rings is 1. The van der Waals surface area contributed by atoms with E-state index in [9.17, 15) is 4.39 Å². The Balaban J connectivity index is 2.44. The van der Waals surface area contributed by atoms with Gasteiger partial charge in [-0.2, -0.15) is 0 Å². The Kier molecular flexibility index (Phi) is 3.24. The third kappa shape index (κ3) is 2.30. The van der Waals surface area contributed by atoms with Crippen molar-refractivity contribution in [1.29, 1.82) is 0 Å². The highest BCUT2D eigenvalue weighted by atomic mass is 35.5. The van der Waals surface area contributed by atoms with E-state index >= 15 is 0 Å². The summed E-state index contributed by atoms with van der Waals surface area (Å²) < 4.78 is 12.8. The largest absolute Gasteiger partial charge is 0.244 e. The molecule has 15 heavy (non-hydrogen) atoms. The minimum absolute atomic E-state index is 0.349. The monoisotopic (exact) mass is 261 g/mol. The summed E-state index contributed by atoms with van der Waals surface area (Å²) in [6, 6.07) is 4.26. The molecule has 1 nitrogen and oxygen atoms in total. The van der Waals surface area contributed by atoms with E-state index in [0.717, 1.165) is 15.4 Å². The van der Waals surface area contributed by atoms with Gasteiger partial charge in [0, 0.05) is 16.6 Å². The van der Waals surface area contributed by atoms with Crippen LogP contribution < -0.4 is 0 Å². The molecule has 2 aromatic rings. The molecule has 0 unspecified atom stereocenters. The summed E-state index contributed by atoms with van der Waals surface area (Å²) in [6.07, 6.45) is 1.70.